The number of fused-ring (bicyclic) bond motifs is 13. The normalized spacial score (nSPS) is 15.7. The fraction of sp³-hybridized carbons (Fsp3) is 0.0727. The van der Waals surface area contributed by atoms with E-state index in [0.29, 0.717) is 16.7 Å². The average molecular weight is 760 g/mol. The molecule has 0 heterocycles. The highest BCUT2D eigenvalue weighted by Crippen LogP contribution is 2.63. The summed E-state index contributed by atoms with van der Waals surface area (Å²) in [6.45, 7) is 4.48. The van der Waals surface area contributed by atoms with Crippen LogP contribution in [0.4, 0.5) is 17.1 Å². The van der Waals surface area contributed by atoms with Gasteiger partial charge in [-0.3, -0.25) is 14.4 Å². The smallest absolute Gasteiger partial charge is 0.150 e. The molecule has 0 fully saturated rings. The monoisotopic (exact) mass is 759 g/mol. The van der Waals surface area contributed by atoms with E-state index in [4.69, 9.17) is 0 Å². The minimum atomic E-state index is -0.608. The van der Waals surface area contributed by atoms with Crippen molar-refractivity contribution in [2.45, 2.75) is 24.7 Å². The van der Waals surface area contributed by atoms with Crippen molar-refractivity contribution in [3.05, 3.63) is 220 Å². The minimum Gasteiger partial charge on any atom is -0.310 e. The van der Waals surface area contributed by atoms with Gasteiger partial charge in [-0.2, -0.15) is 0 Å². The van der Waals surface area contributed by atoms with Crippen molar-refractivity contribution in [1.82, 2.24) is 0 Å². The van der Waals surface area contributed by atoms with Gasteiger partial charge in [0.05, 0.1) is 11.1 Å². The van der Waals surface area contributed by atoms with Crippen LogP contribution in [-0.4, -0.2) is 18.9 Å². The quantitative estimate of drug-likeness (QED) is 0.152. The van der Waals surface area contributed by atoms with Crippen LogP contribution in [0.1, 0.15) is 78.3 Å². The molecule has 1 atom stereocenters. The number of nitrogens with zero attached hydrogens (tertiary/aromatic N) is 1. The zero-order valence-electron chi connectivity index (χ0n) is 32.6. The Labute approximate surface area is 343 Å². The van der Waals surface area contributed by atoms with Crippen LogP contribution in [0.5, 0.6) is 0 Å². The van der Waals surface area contributed by atoms with Crippen LogP contribution in [0.2, 0.25) is 0 Å². The molecule has 8 aromatic rings. The number of para-hydroxylation sites is 1. The second-order valence-electron chi connectivity index (χ2n) is 16.4. The lowest BCUT2D eigenvalue weighted by molar-refractivity contribution is 0.111. The van der Waals surface area contributed by atoms with Gasteiger partial charge in [0.25, 0.3) is 0 Å². The molecule has 4 nitrogen and oxygen atoms in total. The lowest BCUT2D eigenvalue weighted by Gasteiger charge is -2.33. The lowest BCUT2D eigenvalue weighted by Crippen LogP contribution is -2.26. The molecule has 3 aliphatic rings. The van der Waals surface area contributed by atoms with E-state index in [2.05, 4.69) is 140 Å². The molecule has 0 bridgehead atoms. The van der Waals surface area contributed by atoms with E-state index in [9.17, 15) is 14.4 Å². The molecule has 0 N–H and O–H groups in total. The maximum absolute atomic E-state index is 12.1. The summed E-state index contributed by atoms with van der Waals surface area (Å²) in [5.41, 5.74) is 20.1. The van der Waals surface area contributed by atoms with Crippen LogP contribution in [0.25, 0.3) is 44.5 Å². The first kappa shape index (κ1) is 34.8. The Morgan fingerprint density at radius 3 is 1.49 bits per heavy atom. The number of carbonyl (C=O) groups excluding carboxylic acids is 3. The molecular weight excluding hydrogens is 723 g/mol. The molecule has 280 valence electrons. The van der Waals surface area contributed by atoms with Crippen molar-refractivity contribution in [2.75, 3.05) is 4.90 Å². The number of hydrogen-bond donors (Lipinski definition) is 0. The maximum Gasteiger partial charge on any atom is 0.150 e. The second kappa shape index (κ2) is 12.8. The summed E-state index contributed by atoms with van der Waals surface area (Å²) in [6.07, 6.45) is 2.73. The maximum atomic E-state index is 12.1. The van der Waals surface area contributed by atoms with Crippen LogP contribution in [-0.2, 0) is 10.8 Å². The van der Waals surface area contributed by atoms with Gasteiger partial charge in [-0.15, -0.1) is 0 Å². The number of carbonyl (C=O) groups is 3. The van der Waals surface area contributed by atoms with Gasteiger partial charge < -0.3 is 4.90 Å². The van der Waals surface area contributed by atoms with Crippen molar-refractivity contribution >= 4 is 35.9 Å². The van der Waals surface area contributed by atoms with E-state index in [1.165, 1.54) is 44.5 Å². The van der Waals surface area contributed by atoms with E-state index < -0.39 is 5.41 Å². The van der Waals surface area contributed by atoms with Gasteiger partial charge in [0.1, 0.15) is 18.9 Å². The molecule has 59 heavy (non-hydrogen) atoms. The summed E-state index contributed by atoms with van der Waals surface area (Å²) < 4.78 is 0. The zero-order valence-corrected chi connectivity index (χ0v) is 32.6. The Morgan fingerprint density at radius 1 is 0.373 bits per heavy atom. The van der Waals surface area contributed by atoms with E-state index in [-0.39, 0.29) is 5.41 Å². The molecule has 11 rings (SSSR count). The van der Waals surface area contributed by atoms with Gasteiger partial charge in [-0.1, -0.05) is 141 Å². The Kier molecular flexibility index (Phi) is 7.54. The molecule has 1 spiro atoms. The fourth-order valence-corrected chi connectivity index (χ4v) is 10.4. The summed E-state index contributed by atoms with van der Waals surface area (Å²) in [5, 5.41) is 0. The third kappa shape index (κ3) is 4.80. The molecule has 1 unspecified atom stereocenters. The molecule has 3 aliphatic carbocycles. The third-order valence-corrected chi connectivity index (χ3v) is 13.1. The average Bonchev–Trinajstić information content (AvgIpc) is 3.84. The summed E-state index contributed by atoms with van der Waals surface area (Å²) >= 11 is 0. The van der Waals surface area contributed by atoms with E-state index in [0.717, 1.165) is 69.3 Å². The van der Waals surface area contributed by atoms with Crippen LogP contribution in [0.15, 0.2) is 170 Å². The molecule has 0 radical (unpaired) electrons. The molecular formula is C55H37NO3. The summed E-state index contributed by atoms with van der Waals surface area (Å²) in [5.74, 6) is 0. The highest BCUT2D eigenvalue weighted by atomic mass is 16.1. The highest BCUT2D eigenvalue weighted by molar-refractivity contribution is 5.98. The molecule has 0 aromatic heterocycles. The molecule has 0 saturated heterocycles. The van der Waals surface area contributed by atoms with Crippen LogP contribution in [0, 0.1) is 0 Å². The van der Waals surface area contributed by atoms with Gasteiger partial charge in [0.15, 0.2) is 0 Å². The van der Waals surface area contributed by atoms with Crippen LogP contribution in [0.3, 0.4) is 0 Å². The Morgan fingerprint density at radius 2 is 0.831 bits per heavy atom. The molecule has 0 amide bonds. The van der Waals surface area contributed by atoms with Gasteiger partial charge in [-0.25, -0.2) is 0 Å². The first-order valence-electron chi connectivity index (χ1n) is 20.0. The highest BCUT2D eigenvalue weighted by Gasteiger charge is 2.52. The van der Waals surface area contributed by atoms with Gasteiger partial charge in [-0.05, 0) is 115 Å². The Hall–Kier alpha value is -7.43. The number of benzene rings is 8. The van der Waals surface area contributed by atoms with Crippen molar-refractivity contribution in [3.8, 4) is 44.5 Å². The number of hydrogen-bond acceptors (Lipinski definition) is 4. The third-order valence-electron chi connectivity index (χ3n) is 13.1. The van der Waals surface area contributed by atoms with Crippen LogP contribution < -0.4 is 4.90 Å². The number of aldehydes is 3. The van der Waals surface area contributed by atoms with Gasteiger partial charge >= 0.3 is 0 Å². The molecule has 0 aliphatic heterocycles. The largest absolute Gasteiger partial charge is 0.310 e. The predicted octanol–water partition coefficient (Wildman–Crippen LogP) is 12.9. The van der Waals surface area contributed by atoms with Crippen molar-refractivity contribution in [3.63, 3.8) is 0 Å². The van der Waals surface area contributed by atoms with E-state index in [1.807, 2.05) is 48.5 Å². The predicted molar refractivity (Wildman–Crippen MR) is 237 cm³/mol. The molecule has 8 aromatic carbocycles. The minimum absolute atomic E-state index is 0.350. The van der Waals surface area contributed by atoms with E-state index >= 15 is 0 Å². The topological polar surface area (TPSA) is 54.5 Å². The van der Waals surface area contributed by atoms with Crippen molar-refractivity contribution < 1.29 is 14.4 Å². The Balaban J connectivity index is 1.18. The first-order valence-corrected chi connectivity index (χ1v) is 20.0. The number of anilines is 3. The fourth-order valence-electron chi connectivity index (χ4n) is 10.4. The lowest BCUT2D eigenvalue weighted by atomic mass is 9.70. The molecule has 0 saturated carbocycles. The number of rotatable bonds is 7. The summed E-state index contributed by atoms with van der Waals surface area (Å²) in [4.78, 5) is 38.1. The van der Waals surface area contributed by atoms with E-state index in [1.54, 1.807) is 0 Å². The first-order chi connectivity index (χ1) is 28.9. The second-order valence-corrected chi connectivity index (χ2v) is 16.4. The van der Waals surface area contributed by atoms with Crippen molar-refractivity contribution in [1.29, 1.82) is 0 Å². The summed E-state index contributed by atoms with van der Waals surface area (Å²) in [7, 11) is 0. The van der Waals surface area contributed by atoms with Gasteiger partial charge in [0.2, 0.25) is 0 Å². The van der Waals surface area contributed by atoms with Crippen molar-refractivity contribution in [2.24, 2.45) is 0 Å². The molecule has 4 heteroatoms. The Bertz CT molecular complexity index is 3100. The SMILES string of the molecule is CC1(C)c2cc(C=O)ccc2-c2ccc(N(c3ccc4c(c3)C3(c5ccccc5-c5cc(C=O)ccc53)c3ccccc3-4)c3ccccc3-c3ccc(C=O)cc3)cc21. The van der Waals surface area contributed by atoms with Gasteiger partial charge in [0, 0.05) is 39.0 Å². The summed E-state index contributed by atoms with van der Waals surface area (Å²) in [6, 6.07) is 59.4. The standard InChI is InChI=1S/C55H37NO3/c1-54(2)50-28-36(33-59)17-23-43(50)44-24-21-38(29-51(44)54)56(53-14-8-5-9-40(53)37-19-15-34(31-57)16-20-37)39-22-25-45-41-10-3-6-12-47(41)55(52(45)30-39)48-13-7-4-11-42(48)46-27-35(32-58)18-26-49(46)55/h3-33H,1-2H3. The zero-order chi connectivity index (χ0) is 40.0. The van der Waals surface area contributed by atoms with Crippen LogP contribution >= 0.6 is 0 Å².